The molecule has 4 fully saturated rings. The molecule has 2 bridgehead atoms. The van der Waals surface area contributed by atoms with Gasteiger partial charge in [-0.2, -0.15) is 0 Å². The summed E-state index contributed by atoms with van der Waals surface area (Å²) in [4.78, 5) is 38.2. The molecular weight excluding hydrogens is 344 g/mol. The molecule has 5 heterocycles. The molecule has 2 unspecified atom stereocenters. The van der Waals surface area contributed by atoms with Crippen LogP contribution in [0.15, 0.2) is 18.6 Å². The Morgan fingerprint density at radius 3 is 2.89 bits per heavy atom. The van der Waals surface area contributed by atoms with Gasteiger partial charge in [-0.25, -0.2) is 4.98 Å². The molecule has 4 aliphatic heterocycles. The number of hydrogen-bond acceptors (Lipinski definition) is 6. The highest BCUT2D eigenvalue weighted by Crippen LogP contribution is 2.31. The molecule has 0 aliphatic carbocycles. The Morgan fingerprint density at radius 1 is 1.22 bits per heavy atom. The second-order valence-corrected chi connectivity index (χ2v) is 7.92. The van der Waals surface area contributed by atoms with Gasteiger partial charge < -0.3 is 9.80 Å². The van der Waals surface area contributed by atoms with E-state index in [1.807, 2.05) is 4.90 Å². The summed E-state index contributed by atoms with van der Waals surface area (Å²) in [5, 5.41) is 0. The van der Waals surface area contributed by atoms with Crippen LogP contribution in [-0.2, 0) is 4.79 Å². The van der Waals surface area contributed by atoms with E-state index >= 15 is 0 Å². The molecule has 4 saturated heterocycles. The maximum absolute atomic E-state index is 13.3. The van der Waals surface area contributed by atoms with Crippen molar-refractivity contribution in [2.75, 3.05) is 26.2 Å². The molecule has 8 heteroatoms. The van der Waals surface area contributed by atoms with Gasteiger partial charge in [0.2, 0.25) is 5.91 Å². The second-order valence-electron chi connectivity index (χ2n) is 7.92. The summed E-state index contributed by atoms with van der Waals surface area (Å²) in [6, 6.07) is 0.293. The third-order valence-corrected chi connectivity index (χ3v) is 6.08. The van der Waals surface area contributed by atoms with E-state index in [1.54, 1.807) is 12.4 Å². The number of carbonyl (C=O) groups is 2. The van der Waals surface area contributed by atoms with E-state index in [1.165, 1.54) is 6.20 Å². The van der Waals surface area contributed by atoms with Crippen LogP contribution in [0.25, 0.3) is 0 Å². The number of nitrogens with zero attached hydrogens (tertiary/aromatic N) is 4. The fraction of sp³-hybridized carbons (Fsp3) is 0.684. The van der Waals surface area contributed by atoms with Gasteiger partial charge in [-0.15, -0.1) is 0 Å². The number of aromatic nitrogens is 2. The highest BCUT2D eigenvalue weighted by atomic mass is 16.2. The molecule has 1 aromatic heterocycles. The molecule has 4 atom stereocenters. The summed E-state index contributed by atoms with van der Waals surface area (Å²) in [5.41, 5.74) is 6.80. The zero-order chi connectivity index (χ0) is 18.8. The summed E-state index contributed by atoms with van der Waals surface area (Å²) in [7, 11) is 0. The number of hydrazine groups is 1. The Labute approximate surface area is 159 Å². The number of amides is 2. The monoisotopic (exact) mass is 372 g/mol. The van der Waals surface area contributed by atoms with E-state index in [-0.39, 0.29) is 29.8 Å². The first-order chi connectivity index (χ1) is 13.2. The van der Waals surface area contributed by atoms with Crippen LogP contribution in [0.5, 0.6) is 0 Å². The fourth-order valence-corrected chi connectivity index (χ4v) is 4.69. The first-order valence-electron chi connectivity index (χ1n) is 10.0. The molecule has 2 amide bonds. The van der Waals surface area contributed by atoms with Gasteiger partial charge in [-0.05, 0) is 25.2 Å². The molecule has 146 valence electrons. The summed E-state index contributed by atoms with van der Waals surface area (Å²) in [6.07, 6.45) is 8.70. The number of piperidine rings is 1. The highest BCUT2D eigenvalue weighted by molar-refractivity contribution is 5.92. The topological polar surface area (TPSA) is 90.5 Å². The molecule has 0 aromatic carbocycles. The van der Waals surface area contributed by atoms with Crippen molar-refractivity contribution in [3.05, 3.63) is 24.3 Å². The minimum absolute atomic E-state index is 0.0200. The first kappa shape index (κ1) is 18.3. The number of nitrogens with one attached hydrogen (secondary N) is 2. The van der Waals surface area contributed by atoms with Crippen LogP contribution in [0.2, 0.25) is 0 Å². The molecule has 1 aromatic rings. The molecule has 5 rings (SSSR count). The van der Waals surface area contributed by atoms with Crippen LogP contribution in [0, 0.1) is 11.8 Å². The predicted octanol–water partition coefficient (Wildman–Crippen LogP) is 0.432. The van der Waals surface area contributed by atoms with Crippen molar-refractivity contribution < 1.29 is 9.59 Å². The van der Waals surface area contributed by atoms with Crippen molar-refractivity contribution in [2.45, 2.75) is 44.7 Å². The summed E-state index contributed by atoms with van der Waals surface area (Å²) < 4.78 is 0. The van der Waals surface area contributed by atoms with Gasteiger partial charge in [0.25, 0.3) is 5.91 Å². The van der Waals surface area contributed by atoms with Crippen LogP contribution in [0.4, 0.5) is 0 Å². The van der Waals surface area contributed by atoms with Crippen molar-refractivity contribution >= 4 is 11.8 Å². The first-order valence-corrected chi connectivity index (χ1v) is 10.0. The van der Waals surface area contributed by atoms with Crippen molar-refractivity contribution in [3.63, 3.8) is 0 Å². The van der Waals surface area contributed by atoms with Gasteiger partial charge in [-0.3, -0.25) is 25.4 Å². The number of carbonyl (C=O) groups excluding carboxylic acids is 2. The van der Waals surface area contributed by atoms with E-state index in [4.69, 9.17) is 0 Å². The Morgan fingerprint density at radius 2 is 2.11 bits per heavy atom. The van der Waals surface area contributed by atoms with Gasteiger partial charge in [0.15, 0.2) is 0 Å². The standard InChI is InChI=1S/C19H28N6O2/c1-2-3-16-15(8-22-23-16)18(26)25-11-13-4-5-14(25)12-24(10-13)19(27)17-9-20-6-7-21-17/h6-7,9,13-16,22-23H,2-5,8,10-12H2,1H3/t13-,14+,15?,16?/m0/s1. The average Bonchev–Trinajstić information content (AvgIpc) is 2.96. The maximum atomic E-state index is 13.3. The molecule has 0 radical (unpaired) electrons. The Balaban J connectivity index is 1.48. The third kappa shape index (κ3) is 3.68. The van der Waals surface area contributed by atoms with Gasteiger partial charge in [0, 0.05) is 50.7 Å². The fourth-order valence-electron chi connectivity index (χ4n) is 4.69. The molecular formula is C19H28N6O2. The lowest BCUT2D eigenvalue weighted by Crippen LogP contribution is -2.52. The van der Waals surface area contributed by atoms with E-state index < -0.39 is 0 Å². The van der Waals surface area contributed by atoms with Crippen LogP contribution < -0.4 is 10.9 Å². The quantitative estimate of drug-likeness (QED) is 0.797. The minimum atomic E-state index is -0.0811. The van der Waals surface area contributed by atoms with E-state index in [0.717, 1.165) is 32.2 Å². The van der Waals surface area contributed by atoms with Crippen LogP contribution in [0.3, 0.4) is 0 Å². The number of hydrogen-bond donors (Lipinski definition) is 2. The van der Waals surface area contributed by atoms with Crippen LogP contribution >= 0.6 is 0 Å². The maximum Gasteiger partial charge on any atom is 0.274 e. The van der Waals surface area contributed by atoms with Crippen molar-refractivity contribution in [3.8, 4) is 0 Å². The summed E-state index contributed by atoms with van der Waals surface area (Å²) in [6.45, 7) is 4.85. The molecule has 8 nitrogen and oxygen atoms in total. The highest BCUT2D eigenvalue weighted by Gasteiger charge is 2.43. The zero-order valence-corrected chi connectivity index (χ0v) is 15.8. The lowest BCUT2D eigenvalue weighted by Gasteiger charge is -2.38. The third-order valence-electron chi connectivity index (χ3n) is 6.08. The molecule has 4 aliphatic rings. The minimum Gasteiger partial charge on any atom is -0.337 e. The normalized spacial score (nSPS) is 30.4. The number of fused-ring (bicyclic) bond motifs is 4. The molecule has 0 saturated carbocycles. The average molecular weight is 372 g/mol. The van der Waals surface area contributed by atoms with Crippen LogP contribution in [-0.4, -0.2) is 69.8 Å². The molecule has 0 spiro atoms. The van der Waals surface area contributed by atoms with E-state index in [9.17, 15) is 9.59 Å². The molecule has 2 N–H and O–H groups in total. The van der Waals surface area contributed by atoms with Gasteiger partial charge in [0.1, 0.15) is 5.69 Å². The van der Waals surface area contributed by atoms with Crippen molar-refractivity contribution in [1.29, 1.82) is 0 Å². The van der Waals surface area contributed by atoms with E-state index in [2.05, 4.69) is 32.6 Å². The van der Waals surface area contributed by atoms with Crippen LogP contribution in [0.1, 0.15) is 43.1 Å². The largest absolute Gasteiger partial charge is 0.337 e. The second kappa shape index (κ2) is 7.90. The van der Waals surface area contributed by atoms with Gasteiger partial charge >= 0.3 is 0 Å². The van der Waals surface area contributed by atoms with Crippen molar-refractivity contribution in [2.24, 2.45) is 11.8 Å². The Hall–Kier alpha value is -2.06. The van der Waals surface area contributed by atoms with Crippen molar-refractivity contribution in [1.82, 2.24) is 30.6 Å². The van der Waals surface area contributed by atoms with Gasteiger partial charge in [-0.1, -0.05) is 13.3 Å². The lowest BCUT2D eigenvalue weighted by molar-refractivity contribution is -0.139. The lowest BCUT2D eigenvalue weighted by atomic mass is 9.91. The summed E-state index contributed by atoms with van der Waals surface area (Å²) >= 11 is 0. The summed E-state index contributed by atoms with van der Waals surface area (Å²) in [5.74, 6) is 0.463. The van der Waals surface area contributed by atoms with E-state index in [0.29, 0.717) is 31.2 Å². The predicted molar refractivity (Wildman–Crippen MR) is 99.5 cm³/mol. The molecule has 27 heavy (non-hydrogen) atoms. The SMILES string of the molecule is CCCC1NNCC1C(=O)N1C[C@H]2CC[C@@H]1CN(C(=O)c1cnccn1)C2. The van der Waals surface area contributed by atoms with Gasteiger partial charge in [0.05, 0.1) is 12.1 Å². The number of rotatable bonds is 4. The zero-order valence-electron chi connectivity index (χ0n) is 15.8. The smallest absolute Gasteiger partial charge is 0.274 e. The Bertz CT molecular complexity index is 684. The Kier molecular flexibility index (Phi) is 5.36.